The lowest BCUT2D eigenvalue weighted by Gasteiger charge is -2.40. The Morgan fingerprint density at radius 3 is 2.67 bits per heavy atom. The van der Waals surface area contributed by atoms with Crippen molar-refractivity contribution in [3.63, 3.8) is 0 Å². The van der Waals surface area contributed by atoms with E-state index in [1.54, 1.807) is 0 Å². The van der Waals surface area contributed by atoms with Gasteiger partial charge in [0.15, 0.2) is 11.6 Å². The minimum absolute atomic E-state index is 0.0299. The van der Waals surface area contributed by atoms with Gasteiger partial charge < -0.3 is 15.6 Å². The molecular formula is C13H16FNO3. The third-order valence-electron chi connectivity index (χ3n) is 3.56. The van der Waals surface area contributed by atoms with Crippen LogP contribution in [0.4, 0.5) is 4.39 Å². The van der Waals surface area contributed by atoms with Gasteiger partial charge in [0.05, 0.1) is 12.2 Å². The number of benzene rings is 1. The lowest BCUT2D eigenvalue weighted by atomic mass is 9.69. The van der Waals surface area contributed by atoms with Gasteiger partial charge in [-0.25, -0.2) is 9.18 Å². The first-order valence-corrected chi connectivity index (χ1v) is 5.92. The molecule has 0 atom stereocenters. The average Bonchev–Trinajstić information content (AvgIpc) is 2.29. The van der Waals surface area contributed by atoms with E-state index >= 15 is 0 Å². The number of carboxylic acids is 1. The Labute approximate surface area is 105 Å². The minimum Gasteiger partial charge on any atom is -0.490 e. The summed E-state index contributed by atoms with van der Waals surface area (Å²) in [7, 11) is 0. The first-order chi connectivity index (χ1) is 8.56. The molecule has 1 aromatic carbocycles. The molecule has 3 N–H and O–H groups in total. The number of carbonyl (C=O) groups is 1. The summed E-state index contributed by atoms with van der Waals surface area (Å²) in [5, 5.41) is 8.72. The summed E-state index contributed by atoms with van der Waals surface area (Å²) in [6, 6.07) is 3.64. The zero-order valence-electron chi connectivity index (χ0n) is 9.99. The van der Waals surface area contributed by atoms with E-state index in [0.29, 0.717) is 13.2 Å². The molecule has 1 saturated carbocycles. The van der Waals surface area contributed by atoms with Gasteiger partial charge in [-0.15, -0.1) is 0 Å². The van der Waals surface area contributed by atoms with Crippen molar-refractivity contribution in [3.05, 3.63) is 29.6 Å². The van der Waals surface area contributed by atoms with Crippen LogP contribution in [0.25, 0.3) is 0 Å². The summed E-state index contributed by atoms with van der Waals surface area (Å²) in [6.45, 7) is 0.911. The highest BCUT2D eigenvalue weighted by atomic mass is 19.1. The zero-order valence-corrected chi connectivity index (χ0v) is 9.99. The number of hydrogen-bond acceptors (Lipinski definition) is 3. The summed E-state index contributed by atoms with van der Waals surface area (Å²) in [4.78, 5) is 10.7. The predicted octanol–water partition coefficient (Wildman–Crippen LogP) is 2.03. The molecule has 0 spiro atoms. The number of ether oxygens (including phenoxy) is 1. The second kappa shape index (κ2) is 4.94. The number of aromatic carboxylic acids is 1. The normalized spacial score (nSPS) is 17.0. The van der Waals surface area contributed by atoms with Gasteiger partial charge in [0, 0.05) is 12.0 Å². The van der Waals surface area contributed by atoms with Gasteiger partial charge >= 0.3 is 5.97 Å². The molecule has 0 bridgehead atoms. The Balaban J connectivity index is 2.03. The minimum atomic E-state index is -1.15. The van der Waals surface area contributed by atoms with Crippen molar-refractivity contribution >= 4 is 5.97 Å². The van der Waals surface area contributed by atoms with E-state index in [0.717, 1.165) is 25.3 Å². The Bertz CT molecular complexity index is 452. The van der Waals surface area contributed by atoms with Crippen molar-refractivity contribution in [1.82, 2.24) is 0 Å². The molecule has 0 aromatic heterocycles. The number of halogens is 1. The second-order valence-corrected chi connectivity index (χ2v) is 4.80. The highest BCUT2D eigenvalue weighted by Crippen LogP contribution is 2.40. The van der Waals surface area contributed by atoms with Crippen LogP contribution in [0.1, 0.15) is 29.6 Å². The van der Waals surface area contributed by atoms with Crippen LogP contribution in [-0.4, -0.2) is 24.2 Å². The largest absolute Gasteiger partial charge is 0.490 e. The van der Waals surface area contributed by atoms with Gasteiger partial charge in [0.2, 0.25) is 0 Å². The van der Waals surface area contributed by atoms with Crippen LogP contribution >= 0.6 is 0 Å². The van der Waals surface area contributed by atoms with Crippen molar-refractivity contribution < 1.29 is 19.0 Å². The molecule has 0 aliphatic heterocycles. The zero-order chi connectivity index (χ0) is 13.2. The molecule has 18 heavy (non-hydrogen) atoms. The van der Waals surface area contributed by atoms with E-state index in [2.05, 4.69) is 0 Å². The lowest BCUT2D eigenvalue weighted by Crippen LogP contribution is -2.42. The fourth-order valence-corrected chi connectivity index (χ4v) is 2.07. The molecule has 1 aliphatic carbocycles. The highest BCUT2D eigenvalue weighted by Gasteiger charge is 2.36. The van der Waals surface area contributed by atoms with E-state index in [4.69, 9.17) is 15.6 Å². The third kappa shape index (κ3) is 2.46. The Hall–Kier alpha value is -1.62. The Morgan fingerprint density at radius 2 is 2.22 bits per heavy atom. The maximum atomic E-state index is 13.6. The smallest absolute Gasteiger partial charge is 0.335 e. The summed E-state index contributed by atoms with van der Waals surface area (Å²) >= 11 is 0. The molecule has 1 fully saturated rings. The first-order valence-electron chi connectivity index (χ1n) is 5.92. The van der Waals surface area contributed by atoms with Crippen molar-refractivity contribution in [3.8, 4) is 5.75 Å². The molecule has 0 radical (unpaired) electrons. The fraction of sp³-hybridized carbons (Fsp3) is 0.462. The summed E-state index contributed by atoms with van der Waals surface area (Å²) < 4.78 is 19.0. The van der Waals surface area contributed by atoms with Crippen molar-refractivity contribution in [2.75, 3.05) is 13.2 Å². The van der Waals surface area contributed by atoms with Gasteiger partial charge in [-0.2, -0.15) is 0 Å². The van der Waals surface area contributed by atoms with E-state index in [1.165, 1.54) is 12.1 Å². The van der Waals surface area contributed by atoms with Crippen LogP contribution in [0, 0.1) is 11.2 Å². The molecule has 0 saturated heterocycles. The molecule has 1 aromatic rings. The SMILES string of the molecule is NCC1(COc2ccc(C(=O)O)cc2F)CCC1. The van der Waals surface area contributed by atoms with E-state index in [-0.39, 0.29) is 16.7 Å². The second-order valence-electron chi connectivity index (χ2n) is 4.80. The first kappa shape index (κ1) is 12.8. The van der Waals surface area contributed by atoms with Crippen molar-refractivity contribution in [2.24, 2.45) is 11.1 Å². The Kier molecular flexibility index (Phi) is 3.52. The average molecular weight is 253 g/mol. The molecule has 4 nitrogen and oxygen atoms in total. The molecule has 1 aliphatic rings. The van der Waals surface area contributed by atoms with Crippen molar-refractivity contribution in [1.29, 1.82) is 0 Å². The third-order valence-corrected chi connectivity index (χ3v) is 3.56. The number of carboxylic acid groups (broad SMARTS) is 1. The van der Waals surface area contributed by atoms with Crippen LogP contribution < -0.4 is 10.5 Å². The monoisotopic (exact) mass is 253 g/mol. The summed E-state index contributed by atoms with van der Waals surface area (Å²) in [5.41, 5.74) is 5.57. The molecule has 2 rings (SSSR count). The van der Waals surface area contributed by atoms with Crippen LogP contribution in [0.5, 0.6) is 5.75 Å². The van der Waals surface area contributed by atoms with Gasteiger partial charge in [0.1, 0.15) is 0 Å². The van der Waals surface area contributed by atoms with Gasteiger partial charge in [-0.3, -0.25) is 0 Å². The van der Waals surface area contributed by atoms with Crippen LogP contribution in [-0.2, 0) is 0 Å². The van der Waals surface area contributed by atoms with E-state index in [1.807, 2.05) is 0 Å². The molecule has 5 heteroatoms. The predicted molar refractivity (Wildman–Crippen MR) is 64.2 cm³/mol. The summed E-state index contributed by atoms with van der Waals surface area (Å²) in [5.74, 6) is -1.72. The molecular weight excluding hydrogens is 237 g/mol. The van der Waals surface area contributed by atoms with Crippen LogP contribution in [0.2, 0.25) is 0 Å². The van der Waals surface area contributed by atoms with Gasteiger partial charge in [-0.1, -0.05) is 6.42 Å². The standard InChI is InChI=1S/C13H16FNO3/c14-10-6-9(12(16)17)2-3-11(10)18-8-13(7-15)4-1-5-13/h2-3,6H,1,4-5,7-8,15H2,(H,16,17). The van der Waals surface area contributed by atoms with Crippen LogP contribution in [0.15, 0.2) is 18.2 Å². The number of hydrogen-bond donors (Lipinski definition) is 2. The van der Waals surface area contributed by atoms with Crippen molar-refractivity contribution in [2.45, 2.75) is 19.3 Å². The number of nitrogens with two attached hydrogens (primary N) is 1. The molecule has 98 valence electrons. The maximum Gasteiger partial charge on any atom is 0.335 e. The fourth-order valence-electron chi connectivity index (χ4n) is 2.07. The van der Waals surface area contributed by atoms with Gasteiger partial charge in [-0.05, 0) is 31.0 Å². The molecule has 0 amide bonds. The topological polar surface area (TPSA) is 72.5 Å². The number of rotatable bonds is 5. The Morgan fingerprint density at radius 1 is 1.50 bits per heavy atom. The van der Waals surface area contributed by atoms with E-state index in [9.17, 15) is 9.18 Å². The summed E-state index contributed by atoms with van der Waals surface area (Å²) in [6.07, 6.45) is 3.12. The molecule has 0 unspecified atom stereocenters. The quantitative estimate of drug-likeness (QED) is 0.842. The van der Waals surface area contributed by atoms with Gasteiger partial charge in [0.25, 0.3) is 0 Å². The van der Waals surface area contributed by atoms with Crippen LogP contribution in [0.3, 0.4) is 0 Å². The highest BCUT2D eigenvalue weighted by molar-refractivity contribution is 5.87. The lowest BCUT2D eigenvalue weighted by molar-refractivity contribution is 0.0643. The maximum absolute atomic E-state index is 13.6. The van der Waals surface area contributed by atoms with E-state index < -0.39 is 11.8 Å². The molecule has 0 heterocycles.